The van der Waals surface area contributed by atoms with Crippen LogP contribution >= 0.6 is 0 Å². The van der Waals surface area contributed by atoms with Crippen LogP contribution < -0.4 is 0 Å². The normalized spacial score (nSPS) is 11.3. The highest BCUT2D eigenvalue weighted by Gasteiger charge is 2.13. The highest BCUT2D eigenvalue weighted by Crippen LogP contribution is 2.25. The lowest BCUT2D eigenvalue weighted by molar-refractivity contribution is 0.305. The summed E-state index contributed by atoms with van der Waals surface area (Å²) in [7, 11) is 2.08. The minimum atomic E-state index is 0.702. The second-order valence-corrected chi connectivity index (χ2v) is 7.29. The molecule has 2 aromatic heterocycles. The van der Waals surface area contributed by atoms with Crippen LogP contribution in [0.1, 0.15) is 22.4 Å². The van der Waals surface area contributed by atoms with Gasteiger partial charge in [-0.1, -0.05) is 47.6 Å². The average Bonchev–Trinajstić information content (AvgIpc) is 3.34. The van der Waals surface area contributed by atoms with Gasteiger partial charge in [0.1, 0.15) is 0 Å². The molecule has 0 aliphatic carbocycles. The number of rotatable bonds is 6. The third-order valence-corrected chi connectivity index (χ3v) is 5.00. The fourth-order valence-corrected chi connectivity index (χ4v) is 3.33. The minimum Gasteiger partial charge on any atom is -0.356 e. The predicted molar refractivity (Wildman–Crippen MR) is 111 cm³/mol. The number of nitrogens with zero attached hydrogens (tertiary/aromatic N) is 3. The first-order chi connectivity index (χ1) is 13.6. The molecule has 5 heteroatoms. The number of aromatic amines is 1. The van der Waals surface area contributed by atoms with Crippen molar-refractivity contribution in [3.63, 3.8) is 0 Å². The van der Waals surface area contributed by atoms with Crippen molar-refractivity contribution >= 4 is 0 Å². The summed E-state index contributed by atoms with van der Waals surface area (Å²) in [6, 6.07) is 18.5. The van der Waals surface area contributed by atoms with E-state index in [1.165, 1.54) is 11.1 Å². The number of benzene rings is 2. The van der Waals surface area contributed by atoms with Crippen molar-refractivity contribution in [1.29, 1.82) is 0 Å². The first kappa shape index (κ1) is 18.2. The Labute approximate surface area is 165 Å². The van der Waals surface area contributed by atoms with Gasteiger partial charge in [-0.2, -0.15) is 5.10 Å². The summed E-state index contributed by atoms with van der Waals surface area (Å²) < 4.78 is 5.51. The first-order valence-electron chi connectivity index (χ1n) is 9.39. The van der Waals surface area contributed by atoms with E-state index in [9.17, 15) is 0 Å². The molecule has 0 unspecified atom stereocenters. The Balaban J connectivity index is 1.46. The molecule has 4 rings (SSSR count). The Kier molecular flexibility index (Phi) is 5.08. The van der Waals surface area contributed by atoms with Crippen molar-refractivity contribution in [3.8, 4) is 22.6 Å². The summed E-state index contributed by atoms with van der Waals surface area (Å²) >= 11 is 0. The molecule has 0 bridgehead atoms. The number of H-pyrrole nitrogens is 1. The maximum absolute atomic E-state index is 5.51. The van der Waals surface area contributed by atoms with Gasteiger partial charge in [-0.05, 0) is 38.1 Å². The quantitative estimate of drug-likeness (QED) is 0.518. The standard InChI is InChI=1S/C23H24N4O/c1-16-9-10-19(11-17(16)2)23-20(13-24-25-23)14-27(3)15-21-12-22(28-26-21)18-7-5-4-6-8-18/h4-13H,14-15H2,1-3H3,(H,24,25). The van der Waals surface area contributed by atoms with Crippen molar-refractivity contribution in [3.05, 3.63) is 83.2 Å². The fourth-order valence-electron chi connectivity index (χ4n) is 3.33. The summed E-state index contributed by atoms with van der Waals surface area (Å²) in [5.74, 6) is 0.795. The van der Waals surface area contributed by atoms with Gasteiger partial charge in [0.15, 0.2) is 5.76 Å². The number of nitrogens with one attached hydrogen (secondary N) is 1. The van der Waals surface area contributed by atoms with Crippen molar-refractivity contribution in [2.45, 2.75) is 26.9 Å². The van der Waals surface area contributed by atoms with E-state index in [1.54, 1.807) is 0 Å². The van der Waals surface area contributed by atoms with Crippen LogP contribution in [0.15, 0.2) is 65.3 Å². The molecular weight excluding hydrogens is 348 g/mol. The van der Waals surface area contributed by atoms with Crippen molar-refractivity contribution in [2.24, 2.45) is 0 Å². The van der Waals surface area contributed by atoms with Crippen LogP contribution in [0.5, 0.6) is 0 Å². The smallest absolute Gasteiger partial charge is 0.167 e. The molecule has 0 fully saturated rings. The van der Waals surface area contributed by atoms with Crippen molar-refractivity contribution in [1.82, 2.24) is 20.3 Å². The third kappa shape index (κ3) is 3.89. The zero-order valence-corrected chi connectivity index (χ0v) is 16.4. The lowest BCUT2D eigenvalue weighted by Crippen LogP contribution is -2.17. The van der Waals surface area contributed by atoms with E-state index in [1.807, 2.05) is 42.6 Å². The third-order valence-electron chi connectivity index (χ3n) is 5.00. The van der Waals surface area contributed by atoms with E-state index >= 15 is 0 Å². The number of hydrogen-bond acceptors (Lipinski definition) is 4. The van der Waals surface area contributed by atoms with Crippen LogP contribution in [-0.4, -0.2) is 27.3 Å². The Bertz CT molecular complexity index is 1070. The van der Waals surface area contributed by atoms with Crippen molar-refractivity contribution < 1.29 is 4.52 Å². The van der Waals surface area contributed by atoms with Crippen LogP contribution in [0.2, 0.25) is 0 Å². The van der Waals surface area contributed by atoms with Gasteiger partial charge in [0.25, 0.3) is 0 Å². The Hall–Kier alpha value is -3.18. The minimum absolute atomic E-state index is 0.702. The van der Waals surface area contributed by atoms with Gasteiger partial charge >= 0.3 is 0 Å². The Morgan fingerprint density at radius 3 is 2.54 bits per heavy atom. The molecule has 0 atom stereocenters. The van der Waals surface area contributed by atoms with E-state index in [0.29, 0.717) is 6.54 Å². The number of hydrogen-bond donors (Lipinski definition) is 1. The van der Waals surface area contributed by atoms with Crippen LogP contribution in [0.4, 0.5) is 0 Å². The molecule has 0 spiro atoms. The number of aryl methyl sites for hydroxylation is 2. The molecule has 1 N–H and O–H groups in total. The number of aromatic nitrogens is 3. The van der Waals surface area contributed by atoms with Crippen LogP contribution in [0.25, 0.3) is 22.6 Å². The molecule has 0 saturated carbocycles. The lowest BCUT2D eigenvalue weighted by Gasteiger charge is -2.15. The lowest BCUT2D eigenvalue weighted by atomic mass is 10.0. The highest BCUT2D eigenvalue weighted by atomic mass is 16.5. The van der Waals surface area contributed by atoms with Crippen LogP contribution in [0, 0.1) is 13.8 Å². The molecular formula is C23H24N4O. The summed E-state index contributed by atoms with van der Waals surface area (Å²) in [6.45, 7) is 5.73. The molecule has 0 aliphatic rings. The Morgan fingerprint density at radius 1 is 0.929 bits per heavy atom. The molecule has 142 valence electrons. The predicted octanol–water partition coefficient (Wildman–Crippen LogP) is 4.98. The summed E-state index contributed by atoms with van der Waals surface area (Å²) in [6.07, 6.45) is 1.90. The average molecular weight is 372 g/mol. The summed E-state index contributed by atoms with van der Waals surface area (Å²) in [5, 5.41) is 11.6. The van der Waals surface area contributed by atoms with E-state index < -0.39 is 0 Å². The van der Waals surface area contributed by atoms with E-state index in [4.69, 9.17) is 4.52 Å². The zero-order chi connectivity index (χ0) is 19.5. The molecule has 2 heterocycles. The fraction of sp³-hybridized carbons (Fsp3) is 0.217. The Morgan fingerprint density at radius 2 is 1.75 bits per heavy atom. The van der Waals surface area contributed by atoms with Gasteiger partial charge in [0.05, 0.1) is 17.6 Å². The second-order valence-electron chi connectivity index (χ2n) is 7.29. The summed E-state index contributed by atoms with van der Waals surface area (Å²) in [4.78, 5) is 2.21. The molecule has 0 amide bonds. The monoisotopic (exact) mass is 372 g/mol. The second kappa shape index (κ2) is 7.82. The first-order valence-corrected chi connectivity index (χ1v) is 9.39. The van der Waals surface area contributed by atoms with Gasteiger partial charge in [0.2, 0.25) is 0 Å². The van der Waals surface area contributed by atoms with Gasteiger partial charge in [-0.25, -0.2) is 0 Å². The highest BCUT2D eigenvalue weighted by molar-refractivity contribution is 5.64. The molecule has 0 radical (unpaired) electrons. The zero-order valence-electron chi connectivity index (χ0n) is 16.4. The molecule has 0 aliphatic heterocycles. The van der Waals surface area contributed by atoms with E-state index in [-0.39, 0.29) is 0 Å². The van der Waals surface area contributed by atoms with Crippen LogP contribution in [-0.2, 0) is 13.1 Å². The molecule has 28 heavy (non-hydrogen) atoms. The molecule has 2 aromatic carbocycles. The largest absolute Gasteiger partial charge is 0.356 e. The molecule has 5 nitrogen and oxygen atoms in total. The van der Waals surface area contributed by atoms with Crippen LogP contribution in [0.3, 0.4) is 0 Å². The molecule has 4 aromatic rings. The van der Waals surface area contributed by atoms with Gasteiger partial charge in [-0.15, -0.1) is 0 Å². The van der Waals surface area contributed by atoms with E-state index in [2.05, 4.69) is 59.3 Å². The summed E-state index contributed by atoms with van der Waals surface area (Å²) in [5.41, 5.74) is 7.92. The maximum Gasteiger partial charge on any atom is 0.167 e. The van der Waals surface area contributed by atoms with Crippen molar-refractivity contribution in [2.75, 3.05) is 7.05 Å². The van der Waals surface area contributed by atoms with Gasteiger partial charge in [-0.3, -0.25) is 10.00 Å². The van der Waals surface area contributed by atoms with Gasteiger partial charge in [0, 0.05) is 35.8 Å². The van der Waals surface area contributed by atoms with E-state index in [0.717, 1.165) is 40.4 Å². The van der Waals surface area contributed by atoms with Gasteiger partial charge < -0.3 is 4.52 Å². The maximum atomic E-state index is 5.51. The molecule has 0 saturated heterocycles. The SMILES string of the molecule is Cc1ccc(-c2[nH]ncc2CN(C)Cc2cc(-c3ccccc3)on2)cc1C. The topological polar surface area (TPSA) is 58.0 Å².